The van der Waals surface area contributed by atoms with Crippen molar-refractivity contribution in [1.29, 1.82) is 0 Å². The number of benzene rings is 2. The molecule has 0 bridgehead atoms. The van der Waals surface area contributed by atoms with Crippen LogP contribution in [0.15, 0.2) is 67.0 Å². The number of nitrogens with one attached hydrogen (secondary N) is 1. The predicted molar refractivity (Wildman–Crippen MR) is 93.5 cm³/mol. The molecule has 0 aliphatic carbocycles. The van der Waals surface area contributed by atoms with Crippen molar-refractivity contribution in [3.05, 3.63) is 72.7 Å². The first kappa shape index (κ1) is 13.6. The molecule has 2 aromatic heterocycles. The molecule has 0 fully saturated rings. The van der Waals surface area contributed by atoms with E-state index < -0.39 is 0 Å². The van der Waals surface area contributed by atoms with Crippen LogP contribution in [-0.2, 0) is 6.42 Å². The lowest BCUT2D eigenvalue weighted by atomic mass is 10.2. The molecule has 4 nitrogen and oxygen atoms in total. The lowest BCUT2D eigenvalue weighted by Crippen LogP contribution is -2.08. The molecule has 4 heteroatoms. The largest absolute Gasteiger partial charge is 0.369 e. The van der Waals surface area contributed by atoms with Crippen LogP contribution < -0.4 is 5.32 Å². The predicted octanol–water partition coefficient (Wildman–Crippen LogP) is 3.83. The van der Waals surface area contributed by atoms with Gasteiger partial charge in [0.1, 0.15) is 12.1 Å². The molecule has 0 spiro atoms. The highest BCUT2D eigenvalue weighted by Crippen LogP contribution is 2.18. The smallest absolute Gasteiger partial charge is 0.137 e. The molecule has 0 amide bonds. The van der Waals surface area contributed by atoms with Gasteiger partial charge in [-0.3, -0.25) is 4.98 Å². The van der Waals surface area contributed by atoms with Crippen LogP contribution in [0.1, 0.15) is 5.69 Å². The zero-order chi connectivity index (χ0) is 15.5. The quantitative estimate of drug-likeness (QED) is 0.622. The Morgan fingerprint density at radius 3 is 2.57 bits per heavy atom. The van der Waals surface area contributed by atoms with Gasteiger partial charge in [-0.1, -0.05) is 36.4 Å². The number of aromatic nitrogens is 3. The van der Waals surface area contributed by atoms with E-state index in [0.717, 1.165) is 40.9 Å². The number of fused-ring (bicyclic) bond motifs is 2. The Balaban J connectivity index is 1.50. The van der Waals surface area contributed by atoms with Gasteiger partial charge in [-0.25, -0.2) is 9.97 Å². The molecule has 2 aromatic carbocycles. The summed E-state index contributed by atoms with van der Waals surface area (Å²) in [6.07, 6.45) is 2.45. The fourth-order valence-corrected chi connectivity index (χ4v) is 2.70. The monoisotopic (exact) mass is 300 g/mol. The standard InChI is InChI=1S/C19H16N4/c1-3-7-17-14(5-1)9-10-15(23-17)11-12-20-19-16-6-2-4-8-18(16)21-13-22-19/h1-10,13H,11-12H2,(H,20,21,22). The van der Waals surface area contributed by atoms with Crippen LogP contribution in [0.2, 0.25) is 0 Å². The van der Waals surface area contributed by atoms with Crippen LogP contribution in [0.3, 0.4) is 0 Å². The summed E-state index contributed by atoms with van der Waals surface area (Å²) in [4.78, 5) is 13.3. The molecule has 0 aliphatic rings. The molecule has 0 unspecified atom stereocenters. The highest BCUT2D eigenvalue weighted by Gasteiger charge is 2.03. The molecule has 4 aromatic rings. The van der Waals surface area contributed by atoms with Crippen molar-refractivity contribution in [3.63, 3.8) is 0 Å². The summed E-state index contributed by atoms with van der Waals surface area (Å²) in [6, 6.07) is 20.4. The maximum absolute atomic E-state index is 4.70. The van der Waals surface area contributed by atoms with Gasteiger partial charge in [-0.05, 0) is 24.3 Å². The van der Waals surface area contributed by atoms with E-state index >= 15 is 0 Å². The average Bonchev–Trinajstić information content (AvgIpc) is 2.62. The zero-order valence-electron chi connectivity index (χ0n) is 12.6. The van der Waals surface area contributed by atoms with Gasteiger partial charge in [0.2, 0.25) is 0 Å². The molecule has 4 rings (SSSR count). The molecule has 0 saturated heterocycles. The third-order valence-corrected chi connectivity index (χ3v) is 3.87. The molecule has 0 radical (unpaired) electrons. The van der Waals surface area contributed by atoms with Crippen molar-refractivity contribution in [2.75, 3.05) is 11.9 Å². The maximum Gasteiger partial charge on any atom is 0.137 e. The second-order valence-corrected chi connectivity index (χ2v) is 5.41. The van der Waals surface area contributed by atoms with Gasteiger partial charge in [-0.15, -0.1) is 0 Å². The highest BCUT2D eigenvalue weighted by atomic mass is 15.0. The fourth-order valence-electron chi connectivity index (χ4n) is 2.70. The zero-order valence-corrected chi connectivity index (χ0v) is 12.6. The van der Waals surface area contributed by atoms with Gasteiger partial charge in [0.15, 0.2) is 0 Å². The number of hydrogen-bond donors (Lipinski definition) is 1. The van der Waals surface area contributed by atoms with E-state index in [2.05, 4.69) is 33.5 Å². The minimum Gasteiger partial charge on any atom is -0.369 e. The second-order valence-electron chi connectivity index (χ2n) is 5.41. The summed E-state index contributed by atoms with van der Waals surface area (Å²) in [5.41, 5.74) is 3.07. The summed E-state index contributed by atoms with van der Waals surface area (Å²) in [5.74, 6) is 0.872. The summed E-state index contributed by atoms with van der Waals surface area (Å²) < 4.78 is 0. The summed E-state index contributed by atoms with van der Waals surface area (Å²) in [5, 5.41) is 5.61. The second kappa shape index (κ2) is 6.01. The first-order valence-electron chi connectivity index (χ1n) is 7.68. The number of nitrogens with zero attached hydrogens (tertiary/aromatic N) is 3. The van der Waals surface area contributed by atoms with Gasteiger partial charge in [0.25, 0.3) is 0 Å². The van der Waals surface area contributed by atoms with Gasteiger partial charge >= 0.3 is 0 Å². The van der Waals surface area contributed by atoms with Crippen molar-refractivity contribution in [2.24, 2.45) is 0 Å². The van der Waals surface area contributed by atoms with Crippen LogP contribution in [0.4, 0.5) is 5.82 Å². The molecule has 23 heavy (non-hydrogen) atoms. The number of anilines is 1. The number of hydrogen-bond acceptors (Lipinski definition) is 4. The van der Waals surface area contributed by atoms with Crippen molar-refractivity contribution in [2.45, 2.75) is 6.42 Å². The van der Waals surface area contributed by atoms with E-state index in [9.17, 15) is 0 Å². The van der Waals surface area contributed by atoms with E-state index in [0.29, 0.717) is 0 Å². The Labute approximate surface area is 134 Å². The minimum atomic E-state index is 0.784. The van der Waals surface area contributed by atoms with E-state index in [1.165, 1.54) is 5.39 Å². The average molecular weight is 300 g/mol. The summed E-state index contributed by atoms with van der Waals surface area (Å²) >= 11 is 0. The molecule has 0 aliphatic heterocycles. The van der Waals surface area contributed by atoms with Gasteiger partial charge in [0, 0.05) is 29.4 Å². The number of para-hydroxylation sites is 2. The fraction of sp³-hybridized carbons (Fsp3) is 0.105. The van der Waals surface area contributed by atoms with Crippen LogP contribution in [0, 0.1) is 0 Å². The Hall–Kier alpha value is -3.01. The Morgan fingerprint density at radius 1 is 0.783 bits per heavy atom. The van der Waals surface area contributed by atoms with Gasteiger partial charge in [0.05, 0.1) is 11.0 Å². The highest BCUT2D eigenvalue weighted by molar-refractivity contribution is 5.88. The molecular weight excluding hydrogens is 284 g/mol. The lowest BCUT2D eigenvalue weighted by Gasteiger charge is -2.08. The van der Waals surface area contributed by atoms with E-state index in [1.54, 1.807) is 6.33 Å². The molecular formula is C19H16N4. The van der Waals surface area contributed by atoms with Crippen LogP contribution in [0.5, 0.6) is 0 Å². The summed E-state index contributed by atoms with van der Waals surface area (Å²) in [6.45, 7) is 0.784. The first-order valence-corrected chi connectivity index (χ1v) is 7.68. The van der Waals surface area contributed by atoms with Crippen LogP contribution in [0.25, 0.3) is 21.8 Å². The Kier molecular flexibility index (Phi) is 3.56. The van der Waals surface area contributed by atoms with Gasteiger partial charge in [-0.2, -0.15) is 0 Å². The Morgan fingerprint density at radius 2 is 1.61 bits per heavy atom. The molecule has 0 atom stereocenters. The molecule has 112 valence electrons. The SMILES string of the molecule is c1ccc2nc(CCNc3ncnc4ccccc34)ccc2c1. The van der Waals surface area contributed by atoms with Crippen molar-refractivity contribution >= 4 is 27.6 Å². The topological polar surface area (TPSA) is 50.7 Å². The third-order valence-electron chi connectivity index (χ3n) is 3.87. The van der Waals surface area contributed by atoms with E-state index in [4.69, 9.17) is 4.98 Å². The van der Waals surface area contributed by atoms with Crippen LogP contribution in [-0.4, -0.2) is 21.5 Å². The lowest BCUT2D eigenvalue weighted by molar-refractivity contribution is 0.965. The first-order chi connectivity index (χ1) is 11.4. The molecule has 1 N–H and O–H groups in total. The van der Waals surface area contributed by atoms with E-state index in [-0.39, 0.29) is 0 Å². The van der Waals surface area contributed by atoms with Crippen LogP contribution >= 0.6 is 0 Å². The molecule has 2 heterocycles. The van der Waals surface area contributed by atoms with Crippen molar-refractivity contribution < 1.29 is 0 Å². The third kappa shape index (κ3) is 2.83. The number of rotatable bonds is 4. The molecule has 0 saturated carbocycles. The normalized spacial score (nSPS) is 11.0. The minimum absolute atomic E-state index is 0.784. The van der Waals surface area contributed by atoms with Crippen molar-refractivity contribution in [1.82, 2.24) is 15.0 Å². The van der Waals surface area contributed by atoms with E-state index in [1.807, 2.05) is 42.5 Å². The Bertz CT molecular complexity index is 960. The number of pyridine rings is 1. The maximum atomic E-state index is 4.70. The summed E-state index contributed by atoms with van der Waals surface area (Å²) in [7, 11) is 0. The van der Waals surface area contributed by atoms with Gasteiger partial charge < -0.3 is 5.32 Å². The van der Waals surface area contributed by atoms with Crippen molar-refractivity contribution in [3.8, 4) is 0 Å².